The third-order valence-electron chi connectivity index (χ3n) is 5.58. The van der Waals surface area contributed by atoms with Gasteiger partial charge in [0.25, 0.3) is 5.69 Å². The highest BCUT2D eigenvalue weighted by Crippen LogP contribution is 2.38. The largest absolute Gasteiger partial charge is 0.497 e. The number of non-ortho nitro benzene ring substituents is 1. The van der Waals surface area contributed by atoms with Crippen molar-refractivity contribution in [3.05, 3.63) is 75.5 Å². The number of nitro benzene ring substituents is 1. The maximum absolute atomic E-state index is 13.3. The SMILES string of the molecule is CCOC(=O)C1=C(C)N(c2cccc([N+](=O)[O-])c2)C(SCc2ccc(OC)cc2)N(C(=O)OC(C)C)C1. The van der Waals surface area contributed by atoms with Gasteiger partial charge in [0.15, 0.2) is 5.50 Å². The maximum Gasteiger partial charge on any atom is 0.412 e. The number of benzene rings is 2. The third kappa shape index (κ3) is 6.73. The van der Waals surface area contributed by atoms with E-state index in [4.69, 9.17) is 14.2 Å². The first-order chi connectivity index (χ1) is 17.7. The Morgan fingerprint density at radius 1 is 1.19 bits per heavy atom. The van der Waals surface area contributed by atoms with Gasteiger partial charge in [0.2, 0.25) is 0 Å². The number of methoxy groups -OCH3 is 1. The summed E-state index contributed by atoms with van der Waals surface area (Å²) >= 11 is 1.43. The van der Waals surface area contributed by atoms with E-state index in [9.17, 15) is 19.7 Å². The van der Waals surface area contributed by atoms with Crippen molar-refractivity contribution >= 4 is 35.2 Å². The van der Waals surface area contributed by atoms with E-state index in [1.54, 1.807) is 51.8 Å². The standard InChI is InChI=1S/C26H31N3O7S/c1-6-35-24(30)23-15-27(26(31)36-17(2)3)25(37-16-19-10-12-22(34-5)13-11-19)28(18(23)4)20-8-7-9-21(14-20)29(32)33/h7-14,17,25H,6,15-16H2,1-5H3. The van der Waals surface area contributed by atoms with Crippen molar-refractivity contribution in [2.45, 2.75) is 45.0 Å². The van der Waals surface area contributed by atoms with Crippen LogP contribution < -0.4 is 9.64 Å². The monoisotopic (exact) mass is 529 g/mol. The fraction of sp³-hybridized carbons (Fsp3) is 0.385. The lowest BCUT2D eigenvalue weighted by Gasteiger charge is -2.44. The topological polar surface area (TPSA) is 111 Å². The van der Waals surface area contributed by atoms with Crippen LogP contribution in [-0.2, 0) is 20.0 Å². The van der Waals surface area contributed by atoms with E-state index in [0.29, 0.717) is 17.1 Å². The second-order valence-electron chi connectivity index (χ2n) is 8.48. The van der Waals surface area contributed by atoms with Gasteiger partial charge in [-0.25, -0.2) is 9.59 Å². The Kier molecular flexibility index (Phi) is 9.40. The Morgan fingerprint density at radius 2 is 1.89 bits per heavy atom. The lowest BCUT2D eigenvalue weighted by atomic mass is 10.1. The van der Waals surface area contributed by atoms with E-state index < -0.39 is 22.5 Å². The molecule has 0 radical (unpaired) electrons. The molecule has 0 saturated heterocycles. The molecule has 37 heavy (non-hydrogen) atoms. The van der Waals surface area contributed by atoms with Crippen LogP contribution in [0.25, 0.3) is 0 Å². The Hall–Kier alpha value is -3.73. The first-order valence-electron chi connectivity index (χ1n) is 11.8. The molecule has 10 nitrogen and oxygen atoms in total. The molecule has 1 aliphatic heterocycles. The van der Waals surface area contributed by atoms with Crippen LogP contribution in [0.1, 0.15) is 33.3 Å². The first-order valence-corrected chi connectivity index (χ1v) is 12.8. The fourth-order valence-corrected chi connectivity index (χ4v) is 5.11. The molecule has 11 heteroatoms. The molecule has 1 aliphatic rings. The highest BCUT2D eigenvalue weighted by molar-refractivity contribution is 7.99. The van der Waals surface area contributed by atoms with Crippen LogP contribution in [0.3, 0.4) is 0 Å². The van der Waals surface area contributed by atoms with Crippen molar-refractivity contribution in [2.24, 2.45) is 0 Å². The summed E-state index contributed by atoms with van der Waals surface area (Å²) in [5.41, 5.74) is 1.50. The van der Waals surface area contributed by atoms with Crippen molar-refractivity contribution in [1.82, 2.24) is 4.90 Å². The molecular formula is C26H31N3O7S. The van der Waals surface area contributed by atoms with Gasteiger partial charge in [-0.1, -0.05) is 18.2 Å². The Bertz CT molecular complexity index is 1170. The number of esters is 1. The summed E-state index contributed by atoms with van der Waals surface area (Å²) in [6.07, 6.45) is -0.990. The summed E-state index contributed by atoms with van der Waals surface area (Å²) in [7, 11) is 1.59. The highest BCUT2D eigenvalue weighted by atomic mass is 32.2. The van der Waals surface area contributed by atoms with Crippen molar-refractivity contribution in [3.8, 4) is 5.75 Å². The zero-order valence-corrected chi connectivity index (χ0v) is 22.3. The van der Waals surface area contributed by atoms with E-state index >= 15 is 0 Å². The molecule has 0 aromatic heterocycles. The maximum atomic E-state index is 13.3. The van der Waals surface area contributed by atoms with Gasteiger partial charge in [-0.05, 0) is 51.5 Å². The molecule has 2 aromatic rings. The zero-order chi connectivity index (χ0) is 27.1. The molecule has 198 valence electrons. The number of thioether (sulfide) groups is 1. The number of rotatable bonds is 9. The molecule has 0 N–H and O–H groups in total. The van der Waals surface area contributed by atoms with E-state index in [0.717, 1.165) is 11.3 Å². The fourth-order valence-electron chi connectivity index (χ4n) is 3.80. The lowest BCUT2D eigenvalue weighted by Crippen LogP contribution is -2.54. The van der Waals surface area contributed by atoms with Gasteiger partial charge in [0.05, 0.1) is 42.5 Å². The van der Waals surface area contributed by atoms with Crippen LogP contribution >= 0.6 is 11.8 Å². The molecule has 1 heterocycles. The number of nitrogens with zero attached hydrogens (tertiary/aromatic N) is 3. The van der Waals surface area contributed by atoms with Gasteiger partial charge in [-0.3, -0.25) is 15.0 Å². The third-order valence-corrected chi connectivity index (χ3v) is 6.85. The molecule has 0 fully saturated rings. The number of nitro groups is 1. The van der Waals surface area contributed by atoms with E-state index in [2.05, 4.69) is 0 Å². The Morgan fingerprint density at radius 3 is 2.49 bits per heavy atom. The summed E-state index contributed by atoms with van der Waals surface area (Å²) in [5, 5.41) is 11.5. The van der Waals surface area contributed by atoms with Gasteiger partial charge in [0, 0.05) is 23.6 Å². The second-order valence-corrected chi connectivity index (χ2v) is 9.52. The number of amides is 1. The molecule has 3 rings (SSSR count). The number of allylic oxidation sites excluding steroid dienone is 1. The second kappa shape index (κ2) is 12.5. The van der Waals surface area contributed by atoms with Crippen LogP contribution in [0.4, 0.5) is 16.2 Å². The average molecular weight is 530 g/mol. The smallest absolute Gasteiger partial charge is 0.412 e. The van der Waals surface area contributed by atoms with E-state index in [1.165, 1.54) is 28.8 Å². The van der Waals surface area contributed by atoms with Crippen molar-refractivity contribution < 1.29 is 28.7 Å². The molecule has 1 atom stereocenters. The predicted molar refractivity (Wildman–Crippen MR) is 141 cm³/mol. The molecule has 0 aliphatic carbocycles. The summed E-state index contributed by atoms with van der Waals surface area (Å²) in [5.74, 6) is 0.675. The first kappa shape index (κ1) is 27.9. The normalized spacial score (nSPS) is 15.6. The summed E-state index contributed by atoms with van der Waals surface area (Å²) in [4.78, 5) is 40.4. The van der Waals surface area contributed by atoms with Crippen LogP contribution in [0.5, 0.6) is 5.75 Å². The van der Waals surface area contributed by atoms with Crippen LogP contribution in [0, 0.1) is 10.1 Å². The zero-order valence-electron chi connectivity index (χ0n) is 21.5. The summed E-state index contributed by atoms with van der Waals surface area (Å²) in [6.45, 7) is 7.07. The highest BCUT2D eigenvalue weighted by Gasteiger charge is 2.40. The van der Waals surface area contributed by atoms with E-state index in [-0.39, 0.29) is 30.5 Å². The van der Waals surface area contributed by atoms with E-state index in [1.807, 2.05) is 24.3 Å². The average Bonchev–Trinajstić information content (AvgIpc) is 2.87. The number of carbonyl (C=O) groups is 2. The minimum atomic E-state index is -0.659. The van der Waals surface area contributed by atoms with Crippen LogP contribution in [-0.4, -0.2) is 53.7 Å². The Balaban J connectivity index is 2.10. The van der Waals surface area contributed by atoms with Crippen LogP contribution in [0.15, 0.2) is 59.8 Å². The molecular weight excluding hydrogens is 498 g/mol. The predicted octanol–water partition coefficient (Wildman–Crippen LogP) is 5.32. The summed E-state index contributed by atoms with van der Waals surface area (Å²) < 4.78 is 16.0. The minimum Gasteiger partial charge on any atom is -0.497 e. The van der Waals surface area contributed by atoms with Gasteiger partial charge < -0.3 is 19.1 Å². The van der Waals surface area contributed by atoms with Gasteiger partial charge in [-0.15, -0.1) is 11.8 Å². The number of carbonyl (C=O) groups excluding carboxylic acids is 2. The molecule has 2 aromatic carbocycles. The van der Waals surface area contributed by atoms with Crippen molar-refractivity contribution in [3.63, 3.8) is 0 Å². The van der Waals surface area contributed by atoms with Gasteiger partial charge >= 0.3 is 12.1 Å². The number of anilines is 1. The van der Waals surface area contributed by atoms with Crippen molar-refractivity contribution in [2.75, 3.05) is 25.2 Å². The molecule has 1 unspecified atom stereocenters. The number of hydrogen-bond acceptors (Lipinski definition) is 9. The number of ether oxygens (including phenoxy) is 3. The minimum absolute atomic E-state index is 0.0259. The van der Waals surface area contributed by atoms with Crippen molar-refractivity contribution in [1.29, 1.82) is 0 Å². The molecule has 0 saturated carbocycles. The van der Waals surface area contributed by atoms with Crippen LogP contribution in [0.2, 0.25) is 0 Å². The quantitative estimate of drug-likeness (QED) is 0.242. The number of hydrogen-bond donors (Lipinski definition) is 0. The molecule has 0 bridgehead atoms. The van der Waals surface area contributed by atoms with Gasteiger partial charge in [-0.2, -0.15) is 0 Å². The van der Waals surface area contributed by atoms with Gasteiger partial charge in [0.1, 0.15) is 5.75 Å². The summed E-state index contributed by atoms with van der Waals surface area (Å²) in [6, 6.07) is 13.6. The Labute approximate surface area is 220 Å². The lowest BCUT2D eigenvalue weighted by molar-refractivity contribution is -0.384. The molecule has 0 spiro atoms. The molecule has 1 amide bonds.